The second-order valence-electron chi connectivity index (χ2n) is 7.65. The lowest BCUT2D eigenvalue weighted by molar-refractivity contribution is -0.116. The van der Waals surface area contributed by atoms with E-state index in [0.717, 1.165) is 5.56 Å². The predicted octanol–water partition coefficient (Wildman–Crippen LogP) is 2.56. The first kappa shape index (κ1) is 21.5. The molecule has 1 saturated heterocycles. The number of cyclic esters (lactones) is 1. The Morgan fingerprint density at radius 2 is 2.09 bits per heavy atom. The number of carbonyl (C=O) groups excluding carboxylic acids is 2. The number of anilines is 1. The van der Waals surface area contributed by atoms with E-state index in [0.29, 0.717) is 53.9 Å². The highest BCUT2D eigenvalue weighted by molar-refractivity contribution is 5.95. The molecule has 2 aliphatic rings. The van der Waals surface area contributed by atoms with E-state index >= 15 is 0 Å². The number of benzene rings is 2. The molecule has 0 spiro atoms. The first-order valence-electron chi connectivity index (χ1n) is 10.7. The van der Waals surface area contributed by atoms with Gasteiger partial charge in [0.05, 0.1) is 43.1 Å². The second-order valence-corrected chi connectivity index (χ2v) is 7.65. The zero-order valence-electron chi connectivity index (χ0n) is 18.4. The Bertz CT molecular complexity index is 1280. The average molecular weight is 462 g/mol. The fourth-order valence-electron chi connectivity index (χ4n) is 3.75. The monoisotopic (exact) mass is 462 g/mol. The zero-order chi connectivity index (χ0) is 23.5. The summed E-state index contributed by atoms with van der Waals surface area (Å²) in [6.45, 7) is 1.44. The van der Waals surface area contributed by atoms with Crippen molar-refractivity contribution in [3.8, 4) is 17.4 Å². The number of aromatic nitrogens is 2. The molecule has 3 aromatic rings. The summed E-state index contributed by atoms with van der Waals surface area (Å²) in [5, 5.41) is 2.77. The van der Waals surface area contributed by atoms with Crippen molar-refractivity contribution in [3.63, 3.8) is 0 Å². The number of carbonyl (C=O) groups is 2. The number of rotatable bonds is 6. The van der Waals surface area contributed by atoms with Crippen molar-refractivity contribution in [2.24, 2.45) is 0 Å². The standard InChI is InChI=1S/C24H22N4O6/c1-31-22-13-25-18-4-2-3-15(23(18)27-22)5-8-21(29)26-12-17-14-28(24(30)34-17)16-6-7-19-20(11-16)33-10-9-32-19/h2-8,11,13,17H,9-10,12,14H2,1H3,(H,26,29)/t17-/m1/s1. The minimum absolute atomic E-state index is 0.180. The number of nitrogens with zero attached hydrogens (tertiary/aromatic N) is 3. The lowest BCUT2D eigenvalue weighted by atomic mass is 10.1. The minimum Gasteiger partial charge on any atom is -0.486 e. The van der Waals surface area contributed by atoms with Crippen molar-refractivity contribution in [1.82, 2.24) is 15.3 Å². The summed E-state index contributed by atoms with van der Waals surface area (Å²) in [7, 11) is 1.52. The molecule has 1 atom stereocenters. The molecule has 34 heavy (non-hydrogen) atoms. The topological polar surface area (TPSA) is 112 Å². The van der Waals surface area contributed by atoms with Crippen molar-refractivity contribution < 1.29 is 28.5 Å². The normalized spacial score (nSPS) is 17.1. The van der Waals surface area contributed by atoms with E-state index < -0.39 is 12.2 Å². The summed E-state index contributed by atoms with van der Waals surface area (Å²) in [4.78, 5) is 35.0. The molecule has 0 unspecified atom stereocenters. The van der Waals surface area contributed by atoms with Crippen LogP contribution in [0.25, 0.3) is 17.1 Å². The van der Waals surface area contributed by atoms with Crippen LogP contribution in [0, 0.1) is 0 Å². The van der Waals surface area contributed by atoms with Crippen molar-refractivity contribution >= 4 is 34.8 Å². The molecule has 5 rings (SSSR count). The van der Waals surface area contributed by atoms with E-state index in [1.54, 1.807) is 30.5 Å². The summed E-state index contributed by atoms with van der Waals surface area (Å²) < 4.78 is 21.7. The molecule has 10 nitrogen and oxygen atoms in total. The molecule has 174 valence electrons. The van der Waals surface area contributed by atoms with E-state index in [1.165, 1.54) is 18.1 Å². The Hall–Kier alpha value is -4.34. The molecule has 0 radical (unpaired) electrons. The Morgan fingerprint density at radius 3 is 2.94 bits per heavy atom. The molecule has 2 amide bonds. The first-order chi connectivity index (χ1) is 16.6. The van der Waals surface area contributed by atoms with Gasteiger partial charge in [0.15, 0.2) is 11.5 Å². The van der Waals surface area contributed by atoms with Gasteiger partial charge < -0.3 is 24.3 Å². The largest absolute Gasteiger partial charge is 0.486 e. The lowest BCUT2D eigenvalue weighted by Crippen LogP contribution is -2.33. The average Bonchev–Trinajstić information content (AvgIpc) is 3.25. The second kappa shape index (κ2) is 9.26. The van der Waals surface area contributed by atoms with Crippen LogP contribution in [0.2, 0.25) is 0 Å². The Labute approximate surface area is 195 Å². The molecule has 2 aromatic carbocycles. The molecule has 2 aliphatic heterocycles. The van der Waals surface area contributed by atoms with Gasteiger partial charge in [-0.2, -0.15) is 0 Å². The number of ether oxygens (including phenoxy) is 4. The van der Waals surface area contributed by atoms with Crippen LogP contribution in [0.3, 0.4) is 0 Å². The van der Waals surface area contributed by atoms with Gasteiger partial charge in [-0.3, -0.25) is 9.69 Å². The fourth-order valence-corrected chi connectivity index (χ4v) is 3.75. The number of para-hydroxylation sites is 1. The fraction of sp³-hybridized carbons (Fsp3) is 0.250. The van der Waals surface area contributed by atoms with Gasteiger partial charge in [0.25, 0.3) is 0 Å². The third-order valence-corrected chi connectivity index (χ3v) is 5.42. The maximum absolute atomic E-state index is 12.4. The summed E-state index contributed by atoms with van der Waals surface area (Å²) in [5.74, 6) is 1.31. The van der Waals surface area contributed by atoms with Crippen molar-refractivity contribution in [1.29, 1.82) is 0 Å². The number of methoxy groups -OCH3 is 1. The number of hydrogen-bond donors (Lipinski definition) is 1. The third kappa shape index (κ3) is 4.42. The lowest BCUT2D eigenvalue weighted by Gasteiger charge is -2.21. The molecule has 1 aromatic heterocycles. The molecule has 1 N–H and O–H groups in total. The summed E-state index contributed by atoms with van der Waals surface area (Å²) in [6, 6.07) is 10.8. The van der Waals surface area contributed by atoms with Gasteiger partial charge in [0.2, 0.25) is 11.8 Å². The van der Waals surface area contributed by atoms with Gasteiger partial charge >= 0.3 is 6.09 Å². The van der Waals surface area contributed by atoms with Crippen LogP contribution >= 0.6 is 0 Å². The highest BCUT2D eigenvalue weighted by Gasteiger charge is 2.33. The van der Waals surface area contributed by atoms with E-state index in [-0.39, 0.29) is 12.5 Å². The van der Waals surface area contributed by atoms with Gasteiger partial charge in [0.1, 0.15) is 19.3 Å². The van der Waals surface area contributed by atoms with Crippen LogP contribution < -0.4 is 24.4 Å². The molecular formula is C24H22N4O6. The van der Waals surface area contributed by atoms with Gasteiger partial charge in [-0.05, 0) is 24.3 Å². The molecular weight excluding hydrogens is 440 g/mol. The number of hydrogen-bond acceptors (Lipinski definition) is 8. The molecule has 0 aliphatic carbocycles. The molecule has 3 heterocycles. The van der Waals surface area contributed by atoms with Gasteiger partial charge in [0, 0.05) is 17.7 Å². The third-order valence-electron chi connectivity index (χ3n) is 5.42. The van der Waals surface area contributed by atoms with E-state index in [2.05, 4.69) is 15.3 Å². The first-order valence-corrected chi connectivity index (χ1v) is 10.7. The van der Waals surface area contributed by atoms with Crippen LogP contribution in [0.5, 0.6) is 17.4 Å². The van der Waals surface area contributed by atoms with Gasteiger partial charge in [-0.1, -0.05) is 12.1 Å². The maximum atomic E-state index is 12.4. The molecule has 0 bridgehead atoms. The number of amides is 2. The number of fused-ring (bicyclic) bond motifs is 2. The van der Waals surface area contributed by atoms with E-state index in [1.807, 2.05) is 18.2 Å². The molecule has 0 saturated carbocycles. The van der Waals surface area contributed by atoms with Crippen molar-refractivity contribution in [3.05, 3.63) is 54.2 Å². The van der Waals surface area contributed by atoms with E-state index in [9.17, 15) is 9.59 Å². The van der Waals surface area contributed by atoms with E-state index in [4.69, 9.17) is 18.9 Å². The van der Waals surface area contributed by atoms with Crippen LogP contribution in [-0.2, 0) is 9.53 Å². The van der Waals surface area contributed by atoms with Gasteiger partial charge in [-0.15, -0.1) is 0 Å². The zero-order valence-corrected chi connectivity index (χ0v) is 18.4. The van der Waals surface area contributed by atoms with Crippen LogP contribution in [0.1, 0.15) is 5.56 Å². The molecule has 1 fully saturated rings. The summed E-state index contributed by atoms with van der Waals surface area (Å²) in [6.07, 6.45) is 3.65. The Balaban J connectivity index is 1.20. The van der Waals surface area contributed by atoms with Crippen molar-refractivity contribution in [2.45, 2.75) is 6.10 Å². The maximum Gasteiger partial charge on any atom is 0.414 e. The molecule has 10 heteroatoms. The quantitative estimate of drug-likeness (QED) is 0.557. The highest BCUT2D eigenvalue weighted by Crippen LogP contribution is 2.35. The Morgan fingerprint density at radius 1 is 1.24 bits per heavy atom. The Kier molecular flexibility index (Phi) is 5.86. The summed E-state index contributed by atoms with van der Waals surface area (Å²) >= 11 is 0. The predicted molar refractivity (Wildman–Crippen MR) is 123 cm³/mol. The smallest absolute Gasteiger partial charge is 0.414 e. The number of nitrogens with one attached hydrogen (secondary N) is 1. The SMILES string of the molecule is COc1cnc2cccc(C=CC(=O)NC[C@@H]3CN(c4ccc5c(c4)OCCO5)C(=O)O3)c2n1. The van der Waals surface area contributed by atoms with Crippen LogP contribution in [0.4, 0.5) is 10.5 Å². The summed E-state index contributed by atoms with van der Waals surface area (Å²) in [5.41, 5.74) is 2.71. The highest BCUT2D eigenvalue weighted by atomic mass is 16.6. The van der Waals surface area contributed by atoms with Gasteiger partial charge in [-0.25, -0.2) is 14.8 Å². The van der Waals surface area contributed by atoms with Crippen LogP contribution in [0.15, 0.2) is 48.7 Å². The minimum atomic E-state index is -0.481. The van der Waals surface area contributed by atoms with Crippen molar-refractivity contribution in [2.75, 3.05) is 38.3 Å². The van der Waals surface area contributed by atoms with Crippen LogP contribution in [-0.4, -0.2) is 61.5 Å².